The van der Waals surface area contributed by atoms with Gasteiger partial charge in [-0.05, 0) is 36.6 Å². The van der Waals surface area contributed by atoms with Crippen LogP contribution in [-0.4, -0.2) is 32.4 Å². The molecule has 0 bridgehead atoms. The highest BCUT2D eigenvalue weighted by Gasteiger charge is 2.17. The number of para-hydroxylation sites is 1. The van der Waals surface area contributed by atoms with Gasteiger partial charge < -0.3 is 10.3 Å². The van der Waals surface area contributed by atoms with Crippen molar-refractivity contribution in [3.05, 3.63) is 53.0 Å². The number of fused-ring (bicyclic) bond motifs is 1. The molecule has 0 spiro atoms. The molecule has 2 aromatic heterocycles. The van der Waals surface area contributed by atoms with Crippen LogP contribution in [0.5, 0.6) is 0 Å². The number of carbonyl (C=O) groups is 1. The summed E-state index contributed by atoms with van der Waals surface area (Å²) in [5.41, 5.74) is 2.18. The largest absolute Gasteiger partial charge is 0.361 e. The maximum Gasteiger partial charge on any atom is 0.250 e. The first-order valence-corrected chi connectivity index (χ1v) is 10.7. The van der Waals surface area contributed by atoms with Gasteiger partial charge in [0.2, 0.25) is 5.91 Å². The highest BCUT2D eigenvalue weighted by atomic mass is 32.2. The SMILES string of the molecule is CCc1ccc(S(=O)(=O)NCC(=O)NCCc2c[nH]c3ccccc23)s1. The molecule has 1 amide bonds. The fraction of sp³-hybridized carbons (Fsp3) is 0.278. The second-order valence-electron chi connectivity index (χ2n) is 5.86. The van der Waals surface area contributed by atoms with Crippen LogP contribution < -0.4 is 10.0 Å². The summed E-state index contributed by atoms with van der Waals surface area (Å²) in [6.07, 6.45) is 3.39. The van der Waals surface area contributed by atoms with Crippen molar-refractivity contribution in [1.29, 1.82) is 0 Å². The molecule has 0 aliphatic heterocycles. The molecule has 3 N–H and O–H groups in total. The third kappa shape index (κ3) is 4.32. The van der Waals surface area contributed by atoms with Crippen molar-refractivity contribution >= 4 is 38.2 Å². The molecule has 138 valence electrons. The fourth-order valence-corrected chi connectivity index (χ4v) is 4.98. The number of benzene rings is 1. The Bertz CT molecular complexity index is 1010. The molecule has 3 aromatic rings. The molecule has 3 rings (SSSR count). The zero-order chi connectivity index (χ0) is 18.6. The summed E-state index contributed by atoms with van der Waals surface area (Å²) in [6, 6.07) is 11.3. The van der Waals surface area contributed by atoms with Gasteiger partial charge in [-0.3, -0.25) is 4.79 Å². The predicted octanol–water partition coefficient (Wildman–Crippen LogP) is 2.43. The van der Waals surface area contributed by atoms with Gasteiger partial charge in [0.05, 0.1) is 6.54 Å². The minimum Gasteiger partial charge on any atom is -0.361 e. The van der Waals surface area contributed by atoms with Crippen LogP contribution in [0.1, 0.15) is 17.4 Å². The molecule has 0 aliphatic carbocycles. The Morgan fingerprint density at radius 2 is 2.00 bits per heavy atom. The van der Waals surface area contributed by atoms with E-state index in [1.165, 1.54) is 11.3 Å². The van der Waals surface area contributed by atoms with Crippen LogP contribution in [0.3, 0.4) is 0 Å². The minimum absolute atomic E-state index is 0.237. The van der Waals surface area contributed by atoms with Gasteiger partial charge in [-0.2, -0.15) is 0 Å². The van der Waals surface area contributed by atoms with Crippen molar-refractivity contribution in [2.24, 2.45) is 0 Å². The number of nitrogens with one attached hydrogen (secondary N) is 3. The zero-order valence-electron chi connectivity index (χ0n) is 14.4. The molecule has 1 aromatic carbocycles. The van der Waals surface area contributed by atoms with Crippen LogP contribution in [0, 0.1) is 0 Å². The van der Waals surface area contributed by atoms with Crippen molar-refractivity contribution in [3.63, 3.8) is 0 Å². The van der Waals surface area contributed by atoms with Gasteiger partial charge in [-0.25, -0.2) is 13.1 Å². The summed E-state index contributed by atoms with van der Waals surface area (Å²) in [4.78, 5) is 16.1. The van der Waals surface area contributed by atoms with Crippen molar-refractivity contribution in [2.45, 2.75) is 24.0 Å². The van der Waals surface area contributed by atoms with Crippen molar-refractivity contribution in [2.75, 3.05) is 13.1 Å². The van der Waals surface area contributed by atoms with Gasteiger partial charge in [-0.1, -0.05) is 25.1 Å². The lowest BCUT2D eigenvalue weighted by atomic mass is 10.1. The van der Waals surface area contributed by atoms with Gasteiger partial charge in [-0.15, -0.1) is 11.3 Å². The standard InChI is InChI=1S/C18H21N3O3S2/c1-2-14-7-8-18(25-14)26(23,24)21-12-17(22)19-10-9-13-11-20-16-6-4-3-5-15(13)16/h3-8,11,20-21H,2,9-10,12H2,1H3,(H,19,22). The lowest BCUT2D eigenvalue weighted by molar-refractivity contribution is -0.119. The molecular formula is C18H21N3O3S2. The summed E-state index contributed by atoms with van der Waals surface area (Å²) in [5.74, 6) is -0.347. The van der Waals surface area contributed by atoms with Crippen LogP contribution in [0.25, 0.3) is 10.9 Å². The second kappa shape index (κ2) is 8.03. The number of rotatable bonds is 8. The first-order chi connectivity index (χ1) is 12.5. The normalized spacial score (nSPS) is 11.7. The van der Waals surface area contributed by atoms with E-state index in [1.54, 1.807) is 12.1 Å². The van der Waals surface area contributed by atoms with E-state index in [1.807, 2.05) is 37.4 Å². The van der Waals surface area contributed by atoms with E-state index in [2.05, 4.69) is 15.0 Å². The quantitative estimate of drug-likeness (QED) is 0.551. The van der Waals surface area contributed by atoms with E-state index in [4.69, 9.17) is 0 Å². The lowest BCUT2D eigenvalue weighted by Gasteiger charge is -2.06. The van der Waals surface area contributed by atoms with E-state index >= 15 is 0 Å². The molecule has 2 heterocycles. The van der Waals surface area contributed by atoms with E-state index in [0.717, 1.165) is 27.8 Å². The van der Waals surface area contributed by atoms with Crippen molar-refractivity contribution in [1.82, 2.24) is 15.0 Å². The van der Waals surface area contributed by atoms with Crippen LogP contribution in [0.15, 0.2) is 46.8 Å². The monoisotopic (exact) mass is 391 g/mol. The van der Waals surface area contributed by atoms with Gasteiger partial charge in [0.15, 0.2) is 0 Å². The number of sulfonamides is 1. The lowest BCUT2D eigenvalue weighted by Crippen LogP contribution is -2.37. The number of H-pyrrole nitrogens is 1. The number of thiophene rings is 1. The van der Waals surface area contributed by atoms with Gasteiger partial charge in [0, 0.05) is 28.5 Å². The molecule has 0 aliphatic rings. The van der Waals surface area contributed by atoms with Crippen LogP contribution in [0.4, 0.5) is 0 Å². The predicted molar refractivity (Wildman–Crippen MR) is 104 cm³/mol. The smallest absolute Gasteiger partial charge is 0.250 e. The van der Waals surface area contributed by atoms with Gasteiger partial charge in [0.25, 0.3) is 10.0 Å². The minimum atomic E-state index is -3.64. The summed E-state index contributed by atoms with van der Waals surface area (Å²) < 4.78 is 27.0. The fourth-order valence-electron chi connectivity index (χ4n) is 2.66. The van der Waals surface area contributed by atoms with E-state index < -0.39 is 10.0 Å². The molecule has 0 radical (unpaired) electrons. The molecular weight excluding hydrogens is 370 g/mol. The Morgan fingerprint density at radius 1 is 1.19 bits per heavy atom. The van der Waals surface area contributed by atoms with Crippen LogP contribution in [-0.2, 0) is 27.7 Å². The highest BCUT2D eigenvalue weighted by Crippen LogP contribution is 2.21. The highest BCUT2D eigenvalue weighted by molar-refractivity contribution is 7.91. The number of hydrogen-bond donors (Lipinski definition) is 3. The Balaban J connectivity index is 1.48. The molecule has 0 atom stereocenters. The second-order valence-corrected chi connectivity index (χ2v) is 9.02. The third-order valence-electron chi connectivity index (χ3n) is 4.06. The summed E-state index contributed by atoms with van der Waals surface area (Å²) >= 11 is 1.22. The van der Waals surface area contributed by atoms with Crippen LogP contribution in [0.2, 0.25) is 0 Å². The van der Waals surface area contributed by atoms with E-state index in [9.17, 15) is 13.2 Å². The van der Waals surface area contributed by atoms with Crippen molar-refractivity contribution < 1.29 is 13.2 Å². The first-order valence-electron chi connectivity index (χ1n) is 8.39. The number of aromatic amines is 1. The van der Waals surface area contributed by atoms with Crippen molar-refractivity contribution in [3.8, 4) is 0 Å². The summed E-state index contributed by atoms with van der Waals surface area (Å²) in [6.45, 7) is 2.15. The maximum absolute atomic E-state index is 12.2. The topological polar surface area (TPSA) is 91.1 Å². The Kier molecular flexibility index (Phi) is 5.75. The number of aryl methyl sites for hydroxylation is 1. The van der Waals surface area contributed by atoms with Gasteiger partial charge in [0.1, 0.15) is 4.21 Å². The van der Waals surface area contributed by atoms with Gasteiger partial charge >= 0.3 is 0 Å². The zero-order valence-corrected chi connectivity index (χ0v) is 16.0. The van der Waals surface area contributed by atoms with E-state index in [-0.39, 0.29) is 16.7 Å². The first kappa shape index (κ1) is 18.6. The number of amides is 1. The third-order valence-corrected chi connectivity index (χ3v) is 7.19. The van der Waals surface area contributed by atoms with Crippen LogP contribution >= 0.6 is 11.3 Å². The molecule has 8 heteroatoms. The molecule has 6 nitrogen and oxygen atoms in total. The average Bonchev–Trinajstić information content (AvgIpc) is 3.28. The average molecular weight is 392 g/mol. The number of aromatic nitrogens is 1. The molecule has 0 saturated heterocycles. The Morgan fingerprint density at radius 3 is 2.77 bits per heavy atom. The summed E-state index contributed by atoms with van der Waals surface area (Å²) in [5, 5.41) is 3.88. The maximum atomic E-state index is 12.2. The Hall–Kier alpha value is -2.16. The number of hydrogen-bond acceptors (Lipinski definition) is 4. The molecule has 0 unspecified atom stereocenters. The molecule has 26 heavy (non-hydrogen) atoms. The van der Waals surface area contributed by atoms with E-state index in [0.29, 0.717) is 13.0 Å². The Labute approximate surface area is 156 Å². The summed E-state index contributed by atoms with van der Waals surface area (Å²) in [7, 11) is -3.64. The molecule has 0 fully saturated rings. The molecule has 0 saturated carbocycles. The number of carbonyl (C=O) groups excluding carboxylic acids is 1.